The maximum absolute atomic E-state index is 12.0. The lowest BCUT2D eigenvalue weighted by atomic mass is 10.2. The lowest BCUT2D eigenvalue weighted by Gasteiger charge is -2.20. The summed E-state index contributed by atoms with van der Waals surface area (Å²) >= 11 is 0. The molecule has 4 N–H and O–H groups in total. The van der Waals surface area contributed by atoms with Crippen LogP contribution in [0.5, 0.6) is 0 Å². The summed E-state index contributed by atoms with van der Waals surface area (Å²) in [5, 5.41) is 21.7. The number of carboxylic acids is 1. The monoisotopic (exact) mass is 310 g/mol. The number of nitrogens with one attached hydrogen (secondary N) is 1. The molecule has 0 fully saturated rings. The number of carbonyl (C=O) groups is 3. The number of nitrogens with two attached hydrogens (primary N) is 1. The second kappa shape index (κ2) is 7.69. The van der Waals surface area contributed by atoms with Gasteiger partial charge in [-0.05, 0) is 12.1 Å². The molecule has 0 aliphatic heterocycles. The molecule has 2 amide bonds. The van der Waals surface area contributed by atoms with E-state index < -0.39 is 35.8 Å². The maximum Gasteiger partial charge on any atom is 0.323 e. The zero-order valence-electron chi connectivity index (χ0n) is 11.4. The number of anilines is 1. The van der Waals surface area contributed by atoms with E-state index in [-0.39, 0.29) is 17.9 Å². The van der Waals surface area contributed by atoms with Gasteiger partial charge in [0, 0.05) is 17.8 Å². The van der Waals surface area contributed by atoms with Crippen molar-refractivity contribution in [3.05, 3.63) is 34.4 Å². The van der Waals surface area contributed by atoms with E-state index in [9.17, 15) is 24.5 Å². The number of benzene rings is 1. The molecule has 0 saturated carbocycles. The molecule has 0 spiro atoms. The first-order valence-corrected chi connectivity index (χ1v) is 6.08. The average molecular weight is 310 g/mol. The van der Waals surface area contributed by atoms with Crippen LogP contribution in [0.1, 0.15) is 0 Å². The molecule has 0 unspecified atom stereocenters. The third-order valence-corrected chi connectivity index (χ3v) is 2.59. The molecule has 0 bridgehead atoms. The Labute approximate surface area is 124 Å². The molecular weight excluding hydrogens is 296 g/mol. The Morgan fingerprint density at radius 1 is 1.27 bits per heavy atom. The highest BCUT2D eigenvalue weighted by Crippen LogP contribution is 2.19. The van der Waals surface area contributed by atoms with Gasteiger partial charge in [0.15, 0.2) is 0 Å². The van der Waals surface area contributed by atoms with Crippen LogP contribution >= 0.6 is 0 Å². The van der Waals surface area contributed by atoms with Crippen LogP contribution in [0.15, 0.2) is 24.3 Å². The van der Waals surface area contributed by atoms with Crippen LogP contribution in [-0.4, -0.2) is 47.4 Å². The van der Waals surface area contributed by atoms with Crippen LogP contribution in [-0.2, 0) is 14.4 Å². The number of nitro groups is 1. The van der Waals surface area contributed by atoms with Crippen molar-refractivity contribution in [1.82, 2.24) is 5.32 Å². The molecule has 1 rings (SSSR count). The molecule has 0 saturated heterocycles. The number of amides is 2. The lowest BCUT2D eigenvalue weighted by Crippen LogP contribution is -2.44. The van der Waals surface area contributed by atoms with Gasteiger partial charge in [0.05, 0.1) is 18.0 Å². The molecule has 22 heavy (non-hydrogen) atoms. The normalized spacial score (nSPS) is 9.86. The van der Waals surface area contributed by atoms with E-state index in [1.54, 1.807) is 0 Å². The summed E-state index contributed by atoms with van der Waals surface area (Å²) in [5.41, 5.74) is 5.05. The van der Waals surface area contributed by atoms with E-state index in [2.05, 4.69) is 5.32 Å². The standard InChI is InChI=1S/C12H14N4O6/c13-5-10(17)14-6-11(18)15(7-12(19)20)8-1-3-9(4-2-8)16(21)22/h1-4H,5-7,13H2,(H,14,17)(H,19,20). The third-order valence-electron chi connectivity index (χ3n) is 2.59. The number of nitro benzene ring substituents is 1. The summed E-state index contributed by atoms with van der Waals surface area (Å²) < 4.78 is 0. The van der Waals surface area contributed by atoms with Crippen molar-refractivity contribution in [3.8, 4) is 0 Å². The fraction of sp³-hybridized carbons (Fsp3) is 0.250. The summed E-state index contributed by atoms with van der Waals surface area (Å²) in [7, 11) is 0. The number of rotatable bonds is 7. The lowest BCUT2D eigenvalue weighted by molar-refractivity contribution is -0.384. The van der Waals surface area contributed by atoms with Crippen molar-refractivity contribution >= 4 is 29.2 Å². The molecule has 10 heteroatoms. The van der Waals surface area contributed by atoms with E-state index >= 15 is 0 Å². The van der Waals surface area contributed by atoms with Gasteiger partial charge < -0.3 is 16.2 Å². The van der Waals surface area contributed by atoms with Crippen molar-refractivity contribution < 1.29 is 24.4 Å². The molecule has 0 aliphatic carbocycles. The van der Waals surface area contributed by atoms with Crippen LogP contribution in [0.2, 0.25) is 0 Å². The van der Waals surface area contributed by atoms with Gasteiger partial charge in [-0.2, -0.15) is 0 Å². The first-order chi connectivity index (χ1) is 10.3. The zero-order valence-corrected chi connectivity index (χ0v) is 11.4. The van der Waals surface area contributed by atoms with E-state index in [4.69, 9.17) is 10.8 Å². The largest absolute Gasteiger partial charge is 0.480 e. The van der Waals surface area contributed by atoms with Crippen LogP contribution in [0.4, 0.5) is 11.4 Å². The Morgan fingerprint density at radius 2 is 1.86 bits per heavy atom. The number of hydrogen-bond donors (Lipinski definition) is 3. The quantitative estimate of drug-likeness (QED) is 0.434. The van der Waals surface area contributed by atoms with Crippen LogP contribution in [0.3, 0.4) is 0 Å². The first kappa shape index (κ1) is 17.0. The van der Waals surface area contributed by atoms with E-state index in [0.717, 1.165) is 17.0 Å². The summed E-state index contributed by atoms with van der Waals surface area (Å²) in [6, 6.07) is 4.80. The van der Waals surface area contributed by atoms with Gasteiger partial charge in [-0.15, -0.1) is 0 Å². The predicted octanol–water partition coefficient (Wildman–Crippen LogP) is -0.913. The van der Waals surface area contributed by atoms with Crippen molar-refractivity contribution in [3.63, 3.8) is 0 Å². The second-order valence-electron chi connectivity index (χ2n) is 4.13. The van der Waals surface area contributed by atoms with Gasteiger partial charge in [0.2, 0.25) is 11.8 Å². The molecule has 0 radical (unpaired) electrons. The molecule has 1 aromatic rings. The maximum atomic E-state index is 12.0. The molecule has 1 aromatic carbocycles. The molecule has 0 heterocycles. The number of carbonyl (C=O) groups excluding carboxylic acids is 2. The number of carboxylic acid groups (broad SMARTS) is 1. The SMILES string of the molecule is NCC(=O)NCC(=O)N(CC(=O)O)c1ccc([N+](=O)[O-])cc1. The summed E-state index contributed by atoms with van der Waals surface area (Å²) in [6.45, 7) is -1.38. The van der Waals surface area contributed by atoms with E-state index in [1.807, 2.05) is 0 Å². The summed E-state index contributed by atoms with van der Waals surface area (Å²) in [5.74, 6) is -2.51. The van der Waals surface area contributed by atoms with Crippen molar-refractivity contribution in [1.29, 1.82) is 0 Å². The minimum absolute atomic E-state index is 0.167. The average Bonchev–Trinajstić information content (AvgIpc) is 2.49. The number of non-ortho nitro benzene ring substituents is 1. The Morgan fingerprint density at radius 3 is 2.32 bits per heavy atom. The van der Waals surface area contributed by atoms with E-state index in [1.165, 1.54) is 12.1 Å². The smallest absolute Gasteiger partial charge is 0.323 e. The topological polar surface area (TPSA) is 156 Å². The Kier molecular flexibility index (Phi) is 5.96. The Bertz CT molecular complexity index is 586. The first-order valence-electron chi connectivity index (χ1n) is 6.08. The highest BCUT2D eigenvalue weighted by atomic mass is 16.6. The van der Waals surface area contributed by atoms with Crippen LogP contribution in [0, 0.1) is 10.1 Å². The third kappa shape index (κ3) is 4.83. The fourth-order valence-electron chi connectivity index (χ4n) is 1.55. The van der Waals surface area contributed by atoms with Gasteiger partial charge >= 0.3 is 5.97 Å². The molecule has 0 aliphatic rings. The molecule has 118 valence electrons. The van der Waals surface area contributed by atoms with Crippen LogP contribution < -0.4 is 16.0 Å². The minimum atomic E-state index is -1.27. The Balaban J connectivity index is 2.91. The zero-order chi connectivity index (χ0) is 16.7. The highest BCUT2D eigenvalue weighted by Gasteiger charge is 2.20. The molecule has 0 aromatic heterocycles. The van der Waals surface area contributed by atoms with Gasteiger partial charge in [-0.25, -0.2) is 0 Å². The van der Waals surface area contributed by atoms with E-state index in [0.29, 0.717) is 0 Å². The van der Waals surface area contributed by atoms with Crippen molar-refractivity contribution in [2.75, 3.05) is 24.5 Å². The molecular formula is C12H14N4O6. The minimum Gasteiger partial charge on any atom is -0.480 e. The highest BCUT2D eigenvalue weighted by molar-refractivity contribution is 6.00. The summed E-state index contributed by atoms with van der Waals surface area (Å²) in [4.78, 5) is 44.7. The number of hydrogen-bond acceptors (Lipinski definition) is 6. The number of aliphatic carboxylic acids is 1. The number of nitrogens with zero attached hydrogens (tertiary/aromatic N) is 2. The van der Waals surface area contributed by atoms with Gasteiger partial charge in [-0.1, -0.05) is 0 Å². The van der Waals surface area contributed by atoms with Gasteiger partial charge in [0.1, 0.15) is 6.54 Å². The predicted molar refractivity (Wildman–Crippen MR) is 75.1 cm³/mol. The fourth-order valence-corrected chi connectivity index (χ4v) is 1.55. The molecule has 10 nitrogen and oxygen atoms in total. The Hall–Kier alpha value is -3.01. The van der Waals surface area contributed by atoms with Crippen molar-refractivity contribution in [2.45, 2.75) is 0 Å². The van der Waals surface area contributed by atoms with Gasteiger partial charge in [-0.3, -0.25) is 29.4 Å². The van der Waals surface area contributed by atoms with Crippen molar-refractivity contribution in [2.24, 2.45) is 5.73 Å². The van der Waals surface area contributed by atoms with Crippen LogP contribution in [0.25, 0.3) is 0 Å². The molecule has 0 atom stereocenters. The second-order valence-corrected chi connectivity index (χ2v) is 4.13. The summed E-state index contributed by atoms with van der Waals surface area (Å²) in [6.07, 6.45) is 0. The van der Waals surface area contributed by atoms with Gasteiger partial charge in [0.25, 0.3) is 5.69 Å².